The van der Waals surface area contributed by atoms with Gasteiger partial charge in [0.15, 0.2) is 0 Å². The number of hydrogen-bond acceptors (Lipinski definition) is 9. The minimum absolute atomic E-state index is 0.270. The highest BCUT2D eigenvalue weighted by molar-refractivity contribution is 5.93. The predicted molar refractivity (Wildman–Crippen MR) is 125 cm³/mol. The first-order valence-corrected chi connectivity index (χ1v) is 10.6. The van der Waals surface area contributed by atoms with Gasteiger partial charge in [-0.25, -0.2) is 0 Å². The number of carbonyl (C=O) groups excluding carboxylic acids is 1. The summed E-state index contributed by atoms with van der Waals surface area (Å²) in [6, 6.07) is 14.7. The van der Waals surface area contributed by atoms with Crippen molar-refractivity contribution in [2.75, 3.05) is 43.2 Å². The molecule has 1 fully saturated rings. The summed E-state index contributed by atoms with van der Waals surface area (Å²) in [5.74, 6) is 0.249. The van der Waals surface area contributed by atoms with E-state index in [2.05, 4.69) is 30.4 Å². The van der Waals surface area contributed by atoms with E-state index in [0.717, 1.165) is 24.6 Å². The van der Waals surface area contributed by atoms with Gasteiger partial charge in [-0.3, -0.25) is 15.2 Å². The topological polar surface area (TPSA) is 128 Å². The maximum atomic E-state index is 11.4. The first-order valence-electron chi connectivity index (χ1n) is 10.6. The molecule has 0 bridgehead atoms. The van der Waals surface area contributed by atoms with Crippen molar-refractivity contribution in [3.05, 3.63) is 71.7 Å². The molecule has 0 saturated carbocycles. The molecule has 0 unspecified atom stereocenters. The summed E-state index contributed by atoms with van der Waals surface area (Å²) < 4.78 is 11.3. The summed E-state index contributed by atoms with van der Waals surface area (Å²) in [6.45, 7) is 3.15. The van der Waals surface area contributed by atoms with E-state index in [1.165, 1.54) is 0 Å². The molecule has 0 aliphatic carbocycles. The van der Waals surface area contributed by atoms with Gasteiger partial charge in [0.05, 0.1) is 37.4 Å². The minimum atomic E-state index is -0.499. The van der Waals surface area contributed by atoms with Crippen LogP contribution in [0.1, 0.15) is 21.7 Å². The van der Waals surface area contributed by atoms with E-state index in [1.54, 1.807) is 36.7 Å². The van der Waals surface area contributed by atoms with Gasteiger partial charge in [-0.05, 0) is 30.3 Å². The molecule has 10 nitrogen and oxygen atoms in total. The fraction of sp³-hybridized carbons (Fsp3) is 0.261. The van der Waals surface area contributed by atoms with Crippen LogP contribution in [0.4, 0.5) is 11.5 Å². The van der Waals surface area contributed by atoms with E-state index < -0.39 is 5.91 Å². The van der Waals surface area contributed by atoms with Crippen LogP contribution < -0.4 is 20.8 Å². The molecule has 0 spiro atoms. The van der Waals surface area contributed by atoms with Gasteiger partial charge in [0.25, 0.3) is 0 Å². The predicted octanol–water partition coefficient (Wildman–Crippen LogP) is 1.87. The first-order chi connectivity index (χ1) is 16.2. The number of benzene rings is 1. The zero-order valence-corrected chi connectivity index (χ0v) is 18.1. The Labute approximate surface area is 191 Å². The van der Waals surface area contributed by atoms with Crippen molar-refractivity contribution in [3.63, 3.8) is 0 Å². The van der Waals surface area contributed by atoms with Crippen LogP contribution in [0.3, 0.4) is 0 Å². The van der Waals surface area contributed by atoms with Crippen LogP contribution >= 0.6 is 0 Å². The lowest BCUT2D eigenvalue weighted by Crippen LogP contribution is -2.37. The average Bonchev–Trinajstić information content (AvgIpc) is 2.85. The van der Waals surface area contributed by atoms with Crippen molar-refractivity contribution in [1.82, 2.24) is 15.0 Å². The Morgan fingerprint density at radius 1 is 1.18 bits per heavy atom. The van der Waals surface area contributed by atoms with E-state index in [0.29, 0.717) is 43.2 Å². The number of carbonyl (C=O) groups is 1. The molecule has 33 heavy (non-hydrogen) atoms. The zero-order chi connectivity index (χ0) is 22.9. The third-order valence-corrected chi connectivity index (χ3v) is 4.90. The Balaban J connectivity index is 1.47. The van der Waals surface area contributed by atoms with E-state index in [4.69, 9.17) is 15.2 Å². The maximum absolute atomic E-state index is 11.4. The maximum Gasteiger partial charge on any atom is 0.318 e. The normalized spacial score (nSPS) is 13.8. The Morgan fingerprint density at radius 2 is 2.06 bits per heavy atom. The fourth-order valence-electron chi connectivity index (χ4n) is 3.22. The number of nitrogens with zero attached hydrogens (tertiary/aromatic N) is 5. The molecule has 0 radical (unpaired) electrons. The van der Waals surface area contributed by atoms with Gasteiger partial charge >= 0.3 is 6.01 Å². The molecule has 1 aliphatic heterocycles. The number of hydrogen-bond donors (Lipinski definition) is 2. The highest BCUT2D eigenvalue weighted by Crippen LogP contribution is 2.18. The van der Waals surface area contributed by atoms with Crippen LogP contribution in [0.15, 0.2) is 59.8 Å². The molecule has 1 aliphatic rings. The molecule has 3 heterocycles. The van der Waals surface area contributed by atoms with Gasteiger partial charge in [-0.1, -0.05) is 12.1 Å². The van der Waals surface area contributed by atoms with Crippen molar-refractivity contribution >= 4 is 23.6 Å². The van der Waals surface area contributed by atoms with Gasteiger partial charge in [0, 0.05) is 43.0 Å². The van der Waals surface area contributed by atoms with Gasteiger partial charge in [0.1, 0.15) is 5.82 Å². The Morgan fingerprint density at radius 3 is 2.85 bits per heavy atom. The minimum Gasteiger partial charge on any atom is -0.463 e. The highest BCUT2D eigenvalue weighted by atomic mass is 16.5. The SMILES string of the molecule is NC(=O)c1cccc(N/N=C/c2cc(N3CCOCC3)nc(OCCc3ccccn3)n2)c1. The van der Waals surface area contributed by atoms with Crippen molar-refractivity contribution in [3.8, 4) is 6.01 Å². The quantitative estimate of drug-likeness (QED) is 0.376. The third kappa shape index (κ3) is 6.47. The first kappa shape index (κ1) is 22.2. The van der Waals surface area contributed by atoms with Gasteiger partial charge in [-0.15, -0.1) is 0 Å². The van der Waals surface area contributed by atoms with Gasteiger partial charge < -0.3 is 20.1 Å². The van der Waals surface area contributed by atoms with Gasteiger partial charge in [-0.2, -0.15) is 15.1 Å². The molecule has 2 aromatic heterocycles. The van der Waals surface area contributed by atoms with Crippen LogP contribution in [0, 0.1) is 0 Å². The fourth-order valence-corrected chi connectivity index (χ4v) is 3.22. The molecule has 3 aromatic rings. The second-order valence-electron chi connectivity index (χ2n) is 7.27. The Hall–Kier alpha value is -4.05. The van der Waals surface area contributed by atoms with Crippen molar-refractivity contribution < 1.29 is 14.3 Å². The molecule has 4 rings (SSSR count). The van der Waals surface area contributed by atoms with Crippen molar-refractivity contribution in [2.24, 2.45) is 10.8 Å². The number of morpholine rings is 1. The molecule has 10 heteroatoms. The number of aromatic nitrogens is 3. The highest BCUT2D eigenvalue weighted by Gasteiger charge is 2.15. The largest absolute Gasteiger partial charge is 0.463 e. The third-order valence-electron chi connectivity index (χ3n) is 4.90. The van der Waals surface area contributed by atoms with Crippen LogP contribution in [0.2, 0.25) is 0 Å². The number of rotatable bonds is 9. The smallest absolute Gasteiger partial charge is 0.318 e. The Kier molecular flexibility index (Phi) is 7.39. The molecular formula is C23H25N7O3. The number of primary amides is 1. The summed E-state index contributed by atoms with van der Waals surface area (Å²) in [6.07, 6.45) is 3.98. The summed E-state index contributed by atoms with van der Waals surface area (Å²) >= 11 is 0. The lowest BCUT2D eigenvalue weighted by Gasteiger charge is -2.28. The van der Waals surface area contributed by atoms with E-state index in [9.17, 15) is 4.79 Å². The Bertz CT molecular complexity index is 1100. The lowest BCUT2D eigenvalue weighted by atomic mass is 10.2. The number of nitrogens with two attached hydrogens (primary N) is 1. The molecule has 0 atom stereocenters. The van der Waals surface area contributed by atoms with Crippen molar-refractivity contribution in [2.45, 2.75) is 6.42 Å². The van der Waals surface area contributed by atoms with Crippen LogP contribution in [-0.2, 0) is 11.2 Å². The molecule has 1 aromatic carbocycles. The molecule has 1 amide bonds. The van der Waals surface area contributed by atoms with E-state index in [1.807, 2.05) is 24.3 Å². The summed E-state index contributed by atoms with van der Waals surface area (Å²) in [7, 11) is 0. The van der Waals surface area contributed by atoms with E-state index in [-0.39, 0.29) is 6.01 Å². The number of ether oxygens (including phenoxy) is 2. The number of nitrogens with one attached hydrogen (secondary N) is 1. The standard InChI is InChI=1S/C23H25N7O3/c24-22(31)17-4-3-6-19(14-17)29-26-16-20-15-21(30-9-12-32-13-10-30)28-23(27-20)33-11-7-18-5-1-2-8-25-18/h1-6,8,14-16,29H,7,9-13H2,(H2,24,31)/b26-16+. The number of pyridine rings is 1. The summed E-state index contributed by atoms with van der Waals surface area (Å²) in [5, 5.41) is 4.24. The number of amides is 1. The van der Waals surface area contributed by atoms with Crippen molar-refractivity contribution in [1.29, 1.82) is 0 Å². The monoisotopic (exact) mass is 447 g/mol. The van der Waals surface area contributed by atoms with Crippen LogP contribution in [-0.4, -0.2) is 60.0 Å². The van der Waals surface area contributed by atoms with E-state index >= 15 is 0 Å². The lowest BCUT2D eigenvalue weighted by molar-refractivity contribution is 0.100. The summed E-state index contributed by atoms with van der Waals surface area (Å²) in [4.78, 5) is 26.8. The van der Waals surface area contributed by atoms with Crippen LogP contribution in [0.5, 0.6) is 6.01 Å². The molecule has 170 valence electrons. The molecule has 1 saturated heterocycles. The second-order valence-corrected chi connectivity index (χ2v) is 7.27. The number of anilines is 2. The molecular weight excluding hydrogens is 422 g/mol. The van der Waals surface area contributed by atoms with Gasteiger partial charge in [0.2, 0.25) is 5.91 Å². The van der Waals surface area contributed by atoms with Crippen LogP contribution in [0.25, 0.3) is 0 Å². The molecule has 3 N–H and O–H groups in total. The average molecular weight is 447 g/mol. The summed E-state index contributed by atoms with van der Waals surface area (Å²) in [5.41, 5.74) is 10.8. The number of hydrazone groups is 1. The second kappa shape index (κ2) is 11.0. The zero-order valence-electron chi connectivity index (χ0n) is 18.1.